The molecule has 1 heterocycles. The first-order chi connectivity index (χ1) is 8.00. The molecule has 1 unspecified atom stereocenters. The Morgan fingerprint density at radius 3 is 2.71 bits per heavy atom. The lowest BCUT2D eigenvalue weighted by atomic mass is 10.2. The van der Waals surface area contributed by atoms with E-state index in [9.17, 15) is 14.7 Å². The fourth-order valence-electron chi connectivity index (χ4n) is 1.25. The lowest BCUT2D eigenvalue weighted by Gasteiger charge is -2.10. The predicted octanol–water partition coefficient (Wildman–Crippen LogP) is -2.67. The molecule has 0 aromatic carbocycles. The van der Waals surface area contributed by atoms with Gasteiger partial charge in [-0.15, -0.1) is 0 Å². The van der Waals surface area contributed by atoms with Crippen LogP contribution >= 0.6 is 0 Å². The molecule has 0 radical (unpaired) electrons. The monoisotopic (exact) mass is 238 g/mol. The number of primary amides is 1. The molecular formula is C10H14N4O3. The average molecular weight is 238 g/mol. The number of carbonyl (C=O) groups is 2. The van der Waals surface area contributed by atoms with Gasteiger partial charge in [0, 0.05) is 18.5 Å². The summed E-state index contributed by atoms with van der Waals surface area (Å²) in [6, 6.07) is 0.592. The fraction of sp³-hybridized carbons (Fsp3) is 0.400. The number of carbonyl (C=O) groups excluding carboxylic acids is 2. The number of aryl methyl sites for hydroxylation is 1. The summed E-state index contributed by atoms with van der Waals surface area (Å²) in [6.45, 7) is 0.514. The van der Waals surface area contributed by atoms with Crippen molar-refractivity contribution in [1.29, 1.82) is 0 Å². The molecule has 0 fully saturated rings. The average Bonchev–Trinajstić information content (AvgIpc) is 2.29. The van der Waals surface area contributed by atoms with E-state index in [0.717, 1.165) is 0 Å². The zero-order chi connectivity index (χ0) is 12.8. The molecule has 17 heavy (non-hydrogen) atoms. The lowest BCUT2D eigenvalue weighted by Crippen LogP contribution is -2.43. The first-order valence-corrected chi connectivity index (χ1v) is 5.12. The number of nitrogens with two attached hydrogens (primary N) is 2. The highest BCUT2D eigenvalue weighted by Crippen LogP contribution is 1.94. The minimum atomic E-state index is -1.26. The molecule has 92 valence electrons. The Labute approximate surface area is 98.0 Å². The predicted molar refractivity (Wildman–Crippen MR) is 55.2 cm³/mol. The van der Waals surface area contributed by atoms with Crippen LogP contribution in [0, 0.1) is 0 Å². The van der Waals surface area contributed by atoms with Crippen molar-refractivity contribution >= 4 is 11.9 Å². The third-order valence-corrected chi connectivity index (χ3v) is 2.26. The zero-order valence-corrected chi connectivity index (χ0v) is 9.20. The first-order valence-electron chi connectivity index (χ1n) is 5.12. The van der Waals surface area contributed by atoms with Crippen LogP contribution in [-0.4, -0.2) is 23.0 Å². The molecule has 1 aromatic rings. The molecule has 1 rings (SSSR count). The summed E-state index contributed by atoms with van der Waals surface area (Å²) in [5.41, 5.74) is 10.7. The van der Waals surface area contributed by atoms with Crippen molar-refractivity contribution in [1.82, 2.24) is 5.10 Å². The lowest BCUT2D eigenvalue weighted by molar-refractivity contribution is -0.754. The number of nitrogens with zero attached hydrogens (tertiary/aromatic N) is 2. The van der Waals surface area contributed by atoms with Crippen molar-refractivity contribution in [3.05, 3.63) is 24.0 Å². The summed E-state index contributed by atoms with van der Waals surface area (Å²) in [7, 11) is 0. The van der Waals surface area contributed by atoms with Crippen LogP contribution in [0.4, 0.5) is 0 Å². The number of aromatic nitrogens is 2. The van der Waals surface area contributed by atoms with Crippen molar-refractivity contribution < 1.29 is 19.4 Å². The van der Waals surface area contributed by atoms with Crippen LogP contribution in [0.15, 0.2) is 18.5 Å². The number of carboxylic acid groups (broad SMARTS) is 1. The molecule has 0 aliphatic carbocycles. The summed E-state index contributed by atoms with van der Waals surface area (Å²) < 4.78 is 1.58. The highest BCUT2D eigenvalue weighted by Gasteiger charge is 2.08. The molecule has 0 aliphatic heterocycles. The van der Waals surface area contributed by atoms with Gasteiger partial charge in [-0.05, 0) is 11.5 Å². The van der Waals surface area contributed by atoms with Gasteiger partial charge in [-0.2, -0.15) is 0 Å². The fourth-order valence-corrected chi connectivity index (χ4v) is 1.25. The summed E-state index contributed by atoms with van der Waals surface area (Å²) in [4.78, 5) is 21.1. The smallest absolute Gasteiger partial charge is 0.250 e. The topological polar surface area (TPSA) is 126 Å². The molecule has 4 N–H and O–H groups in total. The van der Waals surface area contributed by atoms with E-state index >= 15 is 0 Å². The van der Waals surface area contributed by atoms with Gasteiger partial charge >= 0.3 is 0 Å². The second kappa shape index (κ2) is 5.90. The number of hydrogen-bond donors (Lipinski definition) is 2. The molecule has 7 heteroatoms. The van der Waals surface area contributed by atoms with Gasteiger partial charge in [0.15, 0.2) is 12.7 Å². The van der Waals surface area contributed by atoms with Crippen molar-refractivity contribution in [2.24, 2.45) is 11.5 Å². The van der Waals surface area contributed by atoms with Crippen molar-refractivity contribution in [2.75, 3.05) is 0 Å². The Morgan fingerprint density at radius 2 is 2.24 bits per heavy atom. The standard InChI is InChI=1S/C10H14N4O3/c11-8(10(16)17)2-1-4-14-5-3-7(6-13-14)9(12)15/h3,5-6,8H,1-2,4,11H2,(H2-,12,15,16,17). The van der Waals surface area contributed by atoms with Gasteiger partial charge in [0.25, 0.3) is 5.91 Å². The van der Waals surface area contributed by atoms with E-state index in [0.29, 0.717) is 24.9 Å². The van der Waals surface area contributed by atoms with E-state index in [1.54, 1.807) is 16.9 Å². The van der Waals surface area contributed by atoms with E-state index in [4.69, 9.17) is 11.5 Å². The Balaban J connectivity index is 2.42. The molecule has 0 saturated carbocycles. The van der Waals surface area contributed by atoms with Gasteiger partial charge in [0.05, 0.1) is 11.5 Å². The number of aliphatic carboxylic acids is 1. The van der Waals surface area contributed by atoms with E-state index in [2.05, 4.69) is 5.10 Å². The number of rotatable bonds is 6. The van der Waals surface area contributed by atoms with E-state index in [1.807, 2.05) is 0 Å². The Morgan fingerprint density at radius 1 is 1.53 bits per heavy atom. The molecular weight excluding hydrogens is 224 g/mol. The van der Waals surface area contributed by atoms with Gasteiger partial charge < -0.3 is 21.4 Å². The summed E-state index contributed by atoms with van der Waals surface area (Å²) in [6.07, 6.45) is 3.84. The normalized spacial score (nSPS) is 12.1. The van der Waals surface area contributed by atoms with Crippen molar-refractivity contribution in [2.45, 2.75) is 25.4 Å². The van der Waals surface area contributed by atoms with Crippen molar-refractivity contribution in [3.63, 3.8) is 0 Å². The highest BCUT2D eigenvalue weighted by atomic mass is 16.4. The second-order valence-electron chi connectivity index (χ2n) is 3.61. The van der Waals surface area contributed by atoms with Crippen LogP contribution in [0.25, 0.3) is 0 Å². The molecule has 1 amide bonds. The molecule has 1 atom stereocenters. The Kier molecular flexibility index (Phi) is 4.53. The van der Waals surface area contributed by atoms with Crippen LogP contribution < -0.4 is 21.3 Å². The van der Waals surface area contributed by atoms with Crippen LogP contribution in [0.5, 0.6) is 0 Å². The number of hydrogen-bond acceptors (Lipinski definition) is 5. The van der Waals surface area contributed by atoms with E-state index < -0.39 is 17.9 Å². The molecule has 0 spiro atoms. The van der Waals surface area contributed by atoms with E-state index in [1.165, 1.54) is 6.20 Å². The Hall–Kier alpha value is -2.02. The molecule has 0 bridgehead atoms. The van der Waals surface area contributed by atoms with Crippen LogP contribution in [0.3, 0.4) is 0 Å². The maximum atomic E-state index is 10.8. The van der Waals surface area contributed by atoms with Crippen LogP contribution in [0.1, 0.15) is 23.2 Å². The largest absolute Gasteiger partial charge is 0.548 e. The molecule has 0 aliphatic rings. The van der Waals surface area contributed by atoms with Gasteiger partial charge in [-0.1, -0.05) is 4.68 Å². The third kappa shape index (κ3) is 4.15. The number of carboxylic acids is 1. The summed E-state index contributed by atoms with van der Waals surface area (Å²) in [5.74, 6) is -1.80. The van der Waals surface area contributed by atoms with Gasteiger partial charge in [0.1, 0.15) is 6.20 Å². The van der Waals surface area contributed by atoms with E-state index in [-0.39, 0.29) is 0 Å². The summed E-state index contributed by atoms with van der Waals surface area (Å²) >= 11 is 0. The SMILES string of the molecule is NC(=O)c1cc[n+](CCCC(N)C(=O)[O-])nc1. The molecule has 0 saturated heterocycles. The molecule has 7 nitrogen and oxygen atoms in total. The van der Waals surface area contributed by atoms with Crippen LogP contribution in [0.2, 0.25) is 0 Å². The third-order valence-electron chi connectivity index (χ3n) is 2.26. The zero-order valence-electron chi connectivity index (χ0n) is 9.20. The minimum absolute atomic E-state index is 0.314. The van der Waals surface area contributed by atoms with Crippen molar-refractivity contribution in [3.8, 4) is 0 Å². The first kappa shape index (κ1) is 13.0. The molecule has 1 aromatic heterocycles. The second-order valence-corrected chi connectivity index (χ2v) is 3.61. The maximum Gasteiger partial charge on any atom is 0.250 e. The number of amides is 1. The Bertz CT molecular complexity index is 405. The maximum absolute atomic E-state index is 10.8. The minimum Gasteiger partial charge on any atom is -0.548 e. The summed E-state index contributed by atoms with van der Waals surface area (Å²) in [5, 5.41) is 14.3. The van der Waals surface area contributed by atoms with Gasteiger partial charge in [-0.3, -0.25) is 4.79 Å². The quantitative estimate of drug-likeness (QED) is 0.522. The van der Waals surface area contributed by atoms with Crippen LogP contribution in [-0.2, 0) is 11.3 Å². The highest BCUT2D eigenvalue weighted by molar-refractivity contribution is 5.92. The van der Waals surface area contributed by atoms with Gasteiger partial charge in [-0.25, -0.2) is 0 Å². The van der Waals surface area contributed by atoms with Gasteiger partial charge in [0.2, 0.25) is 0 Å².